The lowest BCUT2D eigenvalue weighted by Gasteiger charge is -2.39. The van der Waals surface area contributed by atoms with Crippen LogP contribution in [-0.2, 0) is 4.79 Å². The maximum absolute atomic E-state index is 11.7. The minimum absolute atomic E-state index is 0.127. The summed E-state index contributed by atoms with van der Waals surface area (Å²) in [5, 5.41) is 32.2. The first-order valence-corrected chi connectivity index (χ1v) is 6.53. The first-order chi connectivity index (χ1) is 8.22. The third-order valence-electron chi connectivity index (χ3n) is 3.68. The molecule has 0 aliphatic carbocycles. The predicted octanol–water partition coefficient (Wildman–Crippen LogP) is 0.534. The summed E-state index contributed by atoms with van der Waals surface area (Å²) in [4.78, 5) is 11.7. The van der Waals surface area contributed by atoms with Gasteiger partial charge in [0.25, 0.3) is 0 Å². The van der Waals surface area contributed by atoms with E-state index in [1.807, 2.05) is 13.8 Å². The third kappa shape index (κ3) is 2.65. The highest BCUT2D eigenvalue weighted by Crippen LogP contribution is 2.35. The molecule has 0 spiro atoms. The number of hydrogen-bond donors (Lipinski definition) is 4. The van der Waals surface area contributed by atoms with Crippen LogP contribution in [0.2, 0.25) is 0 Å². The number of aliphatic hydroxyl groups excluding tert-OH is 3. The molecule has 1 fully saturated rings. The Balaban J connectivity index is 3.02. The van der Waals surface area contributed by atoms with Crippen LogP contribution in [-0.4, -0.2) is 44.0 Å². The van der Waals surface area contributed by atoms with Crippen LogP contribution < -0.4 is 5.32 Å². The van der Waals surface area contributed by atoms with Gasteiger partial charge in [0.1, 0.15) is 0 Å². The molecule has 6 heteroatoms. The van der Waals surface area contributed by atoms with E-state index >= 15 is 0 Å². The van der Waals surface area contributed by atoms with E-state index in [9.17, 15) is 15.0 Å². The zero-order valence-electron chi connectivity index (χ0n) is 10.9. The number of carbonyl (C=O) groups excluding carboxylic acids is 1. The second-order valence-corrected chi connectivity index (χ2v) is 5.82. The van der Waals surface area contributed by atoms with Gasteiger partial charge in [-0.15, -0.1) is 0 Å². The largest absolute Gasteiger partial charge is 0.502 e. The molecule has 4 N–H and O–H groups in total. The summed E-state index contributed by atoms with van der Waals surface area (Å²) in [6.45, 7) is 5.24. The molecule has 0 bridgehead atoms. The van der Waals surface area contributed by atoms with E-state index < -0.39 is 23.7 Å². The zero-order chi connectivity index (χ0) is 14.1. The summed E-state index contributed by atoms with van der Waals surface area (Å²) < 4.78 is 0. The second-order valence-electron chi connectivity index (χ2n) is 5.35. The lowest BCUT2D eigenvalue weighted by atomic mass is 9.77. The van der Waals surface area contributed by atoms with E-state index in [1.54, 1.807) is 6.92 Å². The van der Waals surface area contributed by atoms with Gasteiger partial charge in [-0.25, -0.2) is 0 Å². The van der Waals surface area contributed by atoms with Crippen molar-refractivity contribution in [1.82, 2.24) is 5.32 Å². The summed E-state index contributed by atoms with van der Waals surface area (Å²) in [7, 11) is 0. The Bertz CT molecular complexity index is 347. The van der Waals surface area contributed by atoms with E-state index in [0.29, 0.717) is 0 Å². The van der Waals surface area contributed by atoms with E-state index in [1.165, 1.54) is 0 Å². The fourth-order valence-corrected chi connectivity index (χ4v) is 2.62. The molecule has 18 heavy (non-hydrogen) atoms. The fraction of sp³-hybridized carbons (Fsp3) is 0.833. The van der Waals surface area contributed by atoms with Gasteiger partial charge in [0.2, 0.25) is 5.91 Å². The van der Waals surface area contributed by atoms with Crippen molar-refractivity contribution in [1.29, 1.82) is 0 Å². The van der Waals surface area contributed by atoms with Crippen molar-refractivity contribution >= 4 is 23.2 Å². The van der Waals surface area contributed by atoms with Crippen molar-refractivity contribution in [2.75, 3.05) is 0 Å². The van der Waals surface area contributed by atoms with Crippen LogP contribution in [0.15, 0.2) is 0 Å². The molecule has 1 aliphatic rings. The summed E-state index contributed by atoms with van der Waals surface area (Å²) in [6.07, 6.45) is -1.50. The van der Waals surface area contributed by atoms with Crippen molar-refractivity contribution in [3.8, 4) is 0 Å². The average Bonchev–Trinajstić information content (AvgIpc) is 2.51. The van der Waals surface area contributed by atoms with E-state index in [2.05, 4.69) is 17.5 Å². The lowest BCUT2D eigenvalue weighted by Crippen LogP contribution is -2.59. The molecule has 1 saturated heterocycles. The first kappa shape index (κ1) is 15.3. The van der Waals surface area contributed by atoms with Crippen LogP contribution in [0.5, 0.6) is 0 Å². The highest BCUT2D eigenvalue weighted by Gasteiger charge is 2.55. The highest BCUT2D eigenvalue weighted by molar-refractivity contribution is 7.80. The molecular formula is C12H21NO4S. The maximum atomic E-state index is 11.7. The van der Waals surface area contributed by atoms with Crippen molar-refractivity contribution in [3.63, 3.8) is 0 Å². The Labute approximate surface area is 112 Å². The molecule has 0 aromatic carbocycles. The SMILES string of the molecule is CC(C)C(O)C1(CCC(O)=S)NC(=O)C(C)C1O. The predicted molar refractivity (Wildman–Crippen MR) is 71.4 cm³/mol. The summed E-state index contributed by atoms with van der Waals surface area (Å²) in [6, 6.07) is 0. The van der Waals surface area contributed by atoms with Crippen molar-refractivity contribution < 1.29 is 20.1 Å². The van der Waals surface area contributed by atoms with Crippen LogP contribution in [0.1, 0.15) is 33.6 Å². The van der Waals surface area contributed by atoms with Gasteiger partial charge in [-0.1, -0.05) is 20.8 Å². The molecule has 104 valence electrons. The first-order valence-electron chi connectivity index (χ1n) is 6.12. The standard InChI is InChI=1S/C12H21NO4S/c1-6(2)9(15)12(5-4-8(14)18)10(16)7(3)11(17)13-12/h6-7,9-10,15-16H,4-5H2,1-3H3,(H,13,17)(H,14,18). The lowest BCUT2D eigenvalue weighted by molar-refractivity contribution is -0.123. The zero-order valence-corrected chi connectivity index (χ0v) is 11.7. The molecule has 4 unspecified atom stereocenters. The van der Waals surface area contributed by atoms with Gasteiger partial charge in [-0.2, -0.15) is 0 Å². The van der Waals surface area contributed by atoms with Gasteiger partial charge >= 0.3 is 0 Å². The summed E-state index contributed by atoms with van der Waals surface area (Å²) >= 11 is 4.61. The third-order valence-corrected chi connectivity index (χ3v) is 3.89. The van der Waals surface area contributed by atoms with E-state index in [0.717, 1.165) is 0 Å². The van der Waals surface area contributed by atoms with Crippen molar-refractivity contribution in [3.05, 3.63) is 0 Å². The molecule has 1 heterocycles. The molecule has 5 nitrogen and oxygen atoms in total. The van der Waals surface area contributed by atoms with Crippen LogP contribution >= 0.6 is 12.2 Å². The molecule has 4 atom stereocenters. The average molecular weight is 275 g/mol. The maximum Gasteiger partial charge on any atom is 0.226 e. The number of hydrogen-bond acceptors (Lipinski definition) is 4. The molecule has 0 saturated carbocycles. The molecule has 1 aliphatic heterocycles. The summed E-state index contributed by atoms with van der Waals surface area (Å²) in [5.41, 5.74) is -1.13. The molecule has 1 rings (SSSR count). The minimum Gasteiger partial charge on any atom is -0.502 e. The Kier molecular flexibility index (Phi) is 4.69. The number of aliphatic hydroxyl groups is 3. The summed E-state index contributed by atoms with van der Waals surface area (Å²) in [5.74, 6) is -0.991. The van der Waals surface area contributed by atoms with Gasteiger partial charge < -0.3 is 20.6 Å². The number of nitrogens with one attached hydrogen (secondary N) is 1. The monoisotopic (exact) mass is 275 g/mol. The second kappa shape index (κ2) is 5.50. The van der Waals surface area contributed by atoms with Crippen molar-refractivity contribution in [2.24, 2.45) is 11.8 Å². The van der Waals surface area contributed by atoms with Crippen LogP contribution in [0.25, 0.3) is 0 Å². The van der Waals surface area contributed by atoms with Crippen LogP contribution in [0.4, 0.5) is 0 Å². The number of rotatable bonds is 5. The smallest absolute Gasteiger partial charge is 0.226 e. The van der Waals surface area contributed by atoms with Gasteiger partial charge in [-0.05, 0) is 24.6 Å². The van der Waals surface area contributed by atoms with Crippen molar-refractivity contribution in [2.45, 2.75) is 51.4 Å². The van der Waals surface area contributed by atoms with Gasteiger partial charge in [0, 0.05) is 6.42 Å². The Hall–Kier alpha value is -0.720. The van der Waals surface area contributed by atoms with Gasteiger partial charge in [-0.3, -0.25) is 4.79 Å². The molecule has 1 amide bonds. The Morgan fingerprint density at radius 3 is 2.44 bits per heavy atom. The quantitative estimate of drug-likeness (QED) is 0.550. The molecular weight excluding hydrogens is 254 g/mol. The van der Waals surface area contributed by atoms with Gasteiger partial charge in [0.05, 0.1) is 23.7 Å². The minimum atomic E-state index is -1.13. The van der Waals surface area contributed by atoms with E-state index in [4.69, 9.17) is 5.11 Å². The van der Waals surface area contributed by atoms with Crippen LogP contribution in [0.3, 0.4) is 0 Å². The van der Waals surface area contributed by atoms with Gasteiger partial charge in [0.15, 0.2) is 5.05 Å². The topological polar surface area (TPSA) is 89.8 Å². The highest BCUT2D eigenvalue weighted by atomic mass is 32.1. The normalized spacial score (nSPS) is 33.6. The number of amides is 1. The van der Waals surface area contributed by atoms with Crippen LogP contribution in [0, 0.1) is 11.8 Å². The Morgan fingerprint density at radius 2 is 2.11 bits per heavy atom. The Morgan fingerprint density at radius 1 is 1.56 bits per heavy atom. The number of thiocarbonyl (C=S) groups is 1. The molecule has 0 radical (unpaired) electrons. The molecule has 0 aromatic rings. The fourth-order valence-electron chi connectivity index (χ4n) is 2.52. The number of carbonyl (C=O) groups is 1. The molecule has 0 aromatic heterocycles. The van der Waals surface area contributed by atoms with E-state index in [-0.39, 0.29) is 29.7 Å².